The molecular weight excluding hydrogens is 250 g/mol. The highest BCUT2D eigenvalue weighted by Gasteiger charge is 2.06. The molecule has 1 aromatic carbocycles. The highest BCUT2D eigenvalue weighted by atomic mass is 16.3. The van der Waals surface area contributed by atoms with Crippen LogP contribution in [0.3, 0.4) is 0 Å². The van der Waals surface area contributed by atoms with Gasteiger partial charge >= 0.3 is 0 Å². The molecule has 0 spiro atoms. The average molecular weight is 265 g/mol. The quantitative estimate of drug-likeness (QED) is 0.777. The van der Waals surface area contributed by atoms with Crippen molar-refractivity contribution in [2.75, 3.05) is 5.32 Å². The first-order chi connectivity index (χ1) is 9.83. The molecule has 3 aromatic rings. The Hall–Kier alpha value is -2.62. The van der Waals surface area contributed by atoms with Crippen LogP contribution in [0.4, 0.5) is 5.69 Å². The van der Waals surface area contributed by atoms with E-state index in [-0.39, 0.29) is 6.04 Å². The first-order valence-corrected chi connectivity index (χ1v) is 6.48. The van der Waals surface area contributed by atoms with Gasteiger partial charge in [0.1, 0.15) is 0 Å². The zero-order chi connectivity index (χ0) is 13.8. The largest absolute Gasteiger partial charge is 0.444 e. The highest BCUT2D eigenvalue weighted by molar-refractivity contribution is 5.60. The third-order valence-corrected chi connectivity index (χ3v) is 3.17. The number of pyridine rings is 1. The van der Waals surface area contributed by atoms with E-state index in [0.717, 1.165) is 22.6 Å². The predicted molar refractivity (Wildman–Crippen MR) is 78.2 cm³/mol. The van der Waals surface area contributed by atoms with Crippen LogP contribution < -0.4 is 5.32 Å². The van der Waals surface area contributed by atoms with Gasteiger partial charge in [-0.15, -0.1) is 0 Å². The average Bonchev–Trinajstić information content (AvgIpc) is 3.03. The summed E-state index contributed by atoms with van der Waals surface area (Å²) >= 11 is 0. The molecule has 2 aromatic heterocycles. The number of nitrogens with zero attached hydrogens (tertiary/aromatic N) is 2. The fourth-order valence-electron chi connectivity index (χ4n) is 2.05. The van der Waals surface area contributed by atoms with Gasteiger partial charge in [-0.1, -0.05) is 6.07 Å². The monoisotopic (exact) mass is 265 g/mol. The Morgan fingerprint density at radius 3 is 2.55 bits per heavy atom. The van der Waals surface area contributed by atoms with Gasteiger partial charge < -0.3 is 9.73 Å². The van der Waals surface area contributed by atoms with Gasteiger partial charge in [0, 0.05) is 23.6 Å². The molecule has 1 atom stereocenters. The van der Waals surface area contributed by atoms with E-state index in [4.69, 9.17) is 4.42 Å². The lowest BCUT2D eigenvalue weighted by Crippen LogP contribution is -2.06. The van der Waals surface area contributed by atoms with Crippen LogP contribution in [0.1, 0.15) is 18.5 Å². The maximum Gasteiger partial charge on any atom is 0.181 e. The van der Waals surface area contributed by atoms with Crippen LogP contribution in [0, 0.1) is 0 Å². The summed E-state index contributed by atoms with van der Waals surface area (Å²) in [6, 6.07) is 12.3. The van der Waals surface area contributed by atoms with E-state index in [9.17, 15) is 0 Å². The van der Waals surface area contributed by atoms with Gasteiger partial charge in [-0.2, -0.15) is 0 Å². The minimum Gasteiger partial charge on any atom is -0.444 e. The summed E-state index contributed by atoms with van der Waals surface area (Å²) in [5, 5.41) is 3.44. The number of benzene rings is 1. The SMILES string of the molecule is CC(Nc1ccc(-c2cnco2)cc1)c1cccnc1. The lowest BCUT2D eigenvalue weighted by atomic mass is 10.1. The summed E-state index contributed by atoms with van der Waals surface area (Å²) in [4.78, 5) is 8.06. The highest BCUT2D eigenvalue weighted by Crippen LogP contribution is 2.23. The Balaban J connectivity index is 1.72. The van der Waals surface area contributed by atoms with E-state index < -0.39 is 0 Å². The standard InChI is InChI=1S/C16H15N3O/c1-12(14-3-2-8-17-9-14)19-15-6-4-13(5-7-15)16-10-18-11-20-16/h2-12,19H,1H3. The maximum atomic E-state index is 5.27. The van der Waals surface area contributed by atoms with Crippen LogP contribution in [-0.2, 0) is 0 Å². The van der Waals surface area contributed by atoms with E-state index in [1.54, 1.807) is 12.4 Å². The molecule has 4 nitrogen and oxygen atoms in total. The van der Waals surface area contributed by atoms with E-state index in [2.05, 4.69) is 28.3 Å². The van der Waals surface area contributed by atoms with Crippen LogP contribution in [0.15, 0.2) is 65.8 Å². The van der Waals surface area contributed by atoms with Crippen LogP contribution in [-0.4, -0.2) is 9.97 Å². The molecular formula is C16H15N3O. The molecule has 0 aliphatic carbocycles. The summed E-state index contributed by atoms with van der Waals surface area (Å²) in [5.74, 6) is 0.775. The number of hydrogen-bond donors (Lipinski definition) is 1. The normalized spacial score (nSPS) is 12.1. The van der Waals surface area contributed by atoms with E-state index >= 15 is 0 Å². The predicted octanol–water partition coefficient (Wildman–Crippen LogP) is 3.91. The summed E-state index contributed by atoms with van der Waals surface area (Å²) < 4.78 is 5.27. The number of nitrogens with one attached hydrogen (secondary N) is 1. The first kappa shape index (κ1) is 12.4. The fourth-order valence-corrected chi connectivity index (χ4v) is 2.05. The smallest absolute Gasteiger partial charge is 0.181 e. The van der Waals surface area contributed by atoms with Crippen molar-refractivity contribution in [3.05, 3.63) is 66.9 Å². The molecule has 20 heavy (non-hydrogen) atoms. The zero-order valence-electron chi connectivity index (χ0n) is 11.2. The fraction of sp³-hybridized carbons (Fsp3) is 0.125. The minimum atomic E-state index is 0.208. The summed E-state index contributed by atoms with van der Waals surface area (Å²) in [6.07, 6.45) is 6.80. The summed E-state index contributed by atoms with van der Waals surface area (Å²) in [6.45, 7) is 2.11. The molecule has 4 heteroatoms. The maximum absolute atomic E-state index is 5.27. The number of anilines is 1. The van der Waals surface area contributed by atoms with Crippen LogP contribution in [0.25, 0.3) is 11.3 Å². The van der Waals surface area contributed by atoms with Gasteiger partial charge in [0.2, 0.25) is 0 Å². The van der Waals surface area contributed by atoms with E-state index in [1.807, 2.05) is 36.5 Å². The Morgan fingerprint density at radius 2 is 1.90 bits per heavy atom. The van der Waals surface area contributed by atoms with Crippen molar-refractivity contribution < 1.29 is 4.42 Å². The van der Waals surface area contributed by atoms with Gasteiger partial charge in [-0.05, 0) is 42.8 Å². The molecule has 0 bridgehead atoms. The third-order valence-electron chi connectivity index (χ3n) is 3.17. The summed E-state index contributed by atoms with van der Waals surface area (Å²) in [5.41, 5.74) is 3.23. The van der Waals surface area contributed by atoms with Crippen molar-refractivity contribution in [1.82, 2.24) is 9.97 Å². The van der Waals surface area contributed by atoms with Crippen molar-refractivity contribution >= 4 is 5.69 Å². The number of oxazole rings is 1. The van der Waals surface area contributed by atoms with Crippen LogP contribution >= 0.6 is 0 Å². The molecule has 0 aliphatic rings. The lowest BCUT2D eigenvalue weighted by molar-refractivity contribution is 0.572. The summed E-state index contributed by atoms with van der Waals surface area (Å²) in [7, 11) is 0. The van der Waals surface area contributed by atoms with E-state index in [0.29, 0.717) is 0 Å². The van der Waals surface area contributed by atoms with Crippen molar-refractivity contribution in [1.29, 1.82) is 0 Å². The molecule has 1 N–H and O–H groups in total. The van der Waals surface area contributed by atoms with Gasteiger partial charge in [0.15, 0.2) is 12.2 Å². The molecule has 0 radical (unpaired) electrons. The second-order valence-corrected chi connectivity index (χ2v) is 4.60. The Morgan fingerprint density at radius 1 is 1.05 bits per heavy atom. The molecule has 2 heterocycles. The van der Waals surface area contributed by atoms with Crippen molar-refractivity contribution in [3.8, 4) is 11.3 Å². The van der Waals surface area contributed by atoms with Gasteiger partial charge in [-0.3, -0.25) is 4.98 Å². The number of hydrogen-bond acceptors (Lipinski definition) is 4. The van der Waals surface area contributed by atoms with Crippen molar-refractivity contribution in [2.45, 2.75) is 13.0 Å². The number of aromatic nitrogens is 2. The van der Waals surface area contributed by atoms with Crippen LogP contribution in [0.5, 0.6) is 0 Å². The molecule has 100 valence electrons. The Labute approximate surface area is 117 Å². The second kappa shape index (κ2) is 5.57. The van der Waals surface area contributed by atoms with E-state index in [1.165, 1.54) is 6.39 Å². The van der Waals surface area contributed by atoms with Crippen molar-refractivity contribution in [2.24, 2.45) is 0 Å². The molecule has 1 unspecified atom stereocenters. The zero-order valence-corrected chi connectivity index (χ0v) is 11.2. The molecule has 0 aliphatic heterocycles. The molecule has 0 amide bonds. The second-order valence-electron chi connectivity index (χ2n) is 4.60. The molecule has 0 fully saturated rings. The van der Waals surface area contributed by atoms with Crippen LogP contribution in [0.2, 0.25) is 0 Å². The number of rotatable bonds is 4. The third kappa shape index (κ3) is 2.69. The molecule has 3 rings (SSSR count). The molecule has 0 saturated heterocycles. The minimum absolute atomic E-state index is 0.208. The Kier molecular flexibility index (Phi) is 3.46. The Bertz CT molecular complexity index is 648. The molecule has 0 saturated carbocycles. The van der Waals surface area contributed by atoms with Crippen molar-refractivity contribution in [3.63, 3.8) is 0 Å². The van der Waals surface area contributed by atoms with Gasteiger partial charge in [0.25, 0.3) is 0 Å². The van der Waals surface area contributed by atoms with Gasteiger partial charge in [0.05, 0.1) is 12.2 Å². The van der Waals surface area contributed by atoms with Gasteiger partial charge in [-0.25, -0.2) is 4.98 Å². The lowest BCUT2D eigenvalue weighted by Gasteiger charge is -2.15. The topological polar surface area (TPSA) is 51.0 Å². The first-order valence-electron chi connectivity index (χ1n) is 6.48.